The molecule has 0 atom stereocenters. The van der Waals surface area contributed by atoms with Crippen LogP contribution in [0.25, 0.3) is 11.4 Å². The van der Waals surface area contributed by atoms with Gasteiger partial charge in [-0.25, -0.2) is 0 Å². The maximum atomic E-state index is 12.1. The van der Waals surface area contributed by atoms with Crippen molar-refractivity contribution in [1.82, 2.24) is 15.5 Å². The smallest absolute Gasteiger partial charge is 0.387 e. The Bertz CT molecular complexity index is 835. The first-order valence-corrected chi connectivity index (χ1v) is 8.70. The van der Waals surface area contributed by atoms with E-state index in [1.807, 2.05) is 16.8 Å². The van der Waals surface area contributed by atoms with Crippen LogP contribution in [-0.4, -0.2) is 22.7 Å². The zero-order valence-electron chi connectivity index (χ0n) is 13.5. The van der Waals surface area contributed by atoms with Crippen LogP contribution in [-0.2, 0) is 17.8 Å². The van der Waals surface area contributed by atoms with Crippen molar-refractivity contribution >= 4 is 17.2 Å². The van der Waals surface area contributed by atoms with E-state index in [1.165, 1.54) is 23.5 Å². The van der Waals surface area contributed by atoms with Crippen LogP contribution in [0.15, 0.2) is 45.6 Å². The summed E-state index contributed by atoms with van der Waals surface area (Å²) < 4.78 is 33.6. The third-order valence-corrected chi connectivity index (χ3v) is 4.13. The van der Waals surface area contributed by atoms with E-state index in [2.05, 4.69) is 20.2 Å². The minimum absolute atomic E-state index is 0.0768. The van der Waals surface area contributed by atoms with Crippen LogP contribution in [0.1, 0.15) is 17.9 Å². The minimum Gasteiger partial charge on any atom is -0.435 e. The van der Waals surface area contributed by atoms with Gasteiger partial charge in [-0.15, -0.1) is 0 Å². The second-order valence-corrected chi connectivity index (χ2v) is 6.10. The fourth-order valence-corrected chi connectivity index (χ4v) is 2.80. The second-order valence-electron chi connectivity index (χ2n) is 5.32. The number of amides is 1. The molecule has 1 aromatic carbocycles. The van der Waals surface area contributed by atoms with Gasteiger partial charge in [-0.1, -0.05) is 17.3 Å². The maximum Gasteiger partial charge on any atom is 0.387 e. The van der Waals surface area contributed by atoms with Crippen molar-refractivity contribution in [1.29, 1.82) is 0 Å². The van der Waals surface area contributed by atoms with E-state index in [-0.39, 0.29) is 24.6 Å². The third kappa shape index (κ3) is 5.09. The molecule has 0 bridgehead atoms. The number of aromatic nitrogens is 2. The average Bonchev–Trinajstić information content (AvgIpc) is 3.30. The van der Waals surface area contributed by atoms with Gasteiger partial charge in [0.15, 0.2) is 0 Å². The van der Waals surface area contributed by atoms with Crippen LogP contribution >= 0.6 is 11.3 Å². The molecule has 0 radical (unpaired) electrons. The van der Waals surface area contributed by atoms with E-state index >= 15 is 0 Å². The molecule has 1 N–H and O–H groups in total. The van der Waals surface area contributed by atoms with Gasteiger partial charge in [0.1, 0.15) is 5.75 Å². The Morgan fingerprint density at radius 2 is 2.08 bits per heavy atom. The van der Waals surface area contributed by atoms with Crippen molar-refractivity contribution in [3.63, 3.8) is 0 Å². The first-order valence-electron chi connectivity index (χ1n) is 7.76. The molecular formula is C17H15F2N3O3S. The largest absolute Gasteiger partial charge is 0.435 e. The highest BCUT2D eigenvalue weighted by molar-refractivity contribution is 7.08. The molecule has 0 fully saturated rings. The van der Waals surface area contributed by atoms with Gasteiger partial charge in [0.2, 0.25) is 17.6 Å². The fourth-order valence-electron chi connectivity index (χ4n) is 2.16. The Kier molecular flexibility index (Phi) is 5.90. The third-order valence-electron chi connectivity index (χ3n) is 3.45. The normalized spacial score (nSPS) is 10.9. The molecule has 0 aliphatic heterocycles. The number of ether oxygens (including phenoxy) is 1. The number of thiophene rings is 1. The highest BCUT2D eigenvalue weighted by Crippen LogP contribution is 2.19. The first-order chi connectivity index (χ1) is 12.6. The Hall–Kier alpha value is -2.81. The summed E-state index contributed by atoms with van der Waals surface area (Å²) in [5.74, 6) is 0.809. The van der Waals surface area contributed by atoms with Crippen molar-refractivity contribution in [2.24, 2.45) is 0 Å². The molecule has 3 aromatic rings. The Morgan fingerprint density at radius 3 is 2.77 bits per heavy atom. The molecule has 6 nitrogen and oxygen atoms in total. The van der Waals surface area contributed by atoms with Crippen LogP contribution < -0.4 is 10.1 Å². The number of rotatable bonds is 8. The summed E-state index contributed by atoms with van der Waals surface area (Å²) in [5, 5.41) is 10.5. The van der Waals surface area contributed by atoms with Gasteiger partial charge in [0.05, 0.1) is 0 Å². The van der Waals surface area contributed by atoms with Gasteiger partial charge in [-0.05, 0) is 29.1 Å². The molecule has 0 aliphatic carbocycles. The van der Waals surface area contributed by atoms with Gasteiger partial charge >= 0.3 is 6.61 Å². The van der Waals surface area contributed by atoms with Crippen molar-refractivity contribution in [3.05, 3.63) is 52.5 Å². The molecule has 3 rings (SSSR count). The molecule has 9 heteroatoms. The summed E-state index contributed by atoms with van der Waals surface area (Å²) in [6.45, 7) is -2.57. The number of nitrogens with one attached hydrogen (secondary N) is 1. The number of alkyl halides is 2. The Morgan fingerprint density at radius 1 is 1.27 bits per heavy atom. The summed E-state index contributed by atoms with van der Waals surface area (Å²) in [6, 6.07) is 7.98. The van der Waals surface area contributed by atoms with Gasteiger partial charge in [0, 0.05) is 30.3 Å². The van der Waals surface area contributed by atoms with Crippen molar-refractivity contribution in [2.45, 2.75) is 26.0 Å². The molecule has 26 heavy (non-hydrogen) atoms. The summed E-state index contributed by atoms with van der Waals surface area (Å²) >= 11 is 1.54. The maximum absolute atomic E-state index is 12.1. The highest BCUT2D eigenvalue weighted by atomic mass is 32.1. The number of halogens is 2. The molecule has 0 saturated heterocycles. The lowest BCUT2D eigenvalue weighted by Gasteiger charge is -2.07. The number of nitrogens with zero attached hydrogens (tertiary/aromatic N) is 2. The SMILES string of the molecule is O=C(CCc1nc(-c2ccsc2)no1)NCc1ccc(OC(F)F)cc1. The lowest BCUT2D eigenvalue weighted by molar-refractivity contribution is -0.121. The van der Waals surface area contributed by atoms with Gasteiger partial charge in [-0.2, -0.15) is 25.1 Å². The molecule has 0 aliphatic rings. The van der Waals surface area contributed by atoms with Gasteiger partial charge in [-0.3, -0.25) is 4.79 Å². The zero-order chi connectivity index (χ0) is 18.4. The van der Waals surface area contributed by atoms with Crippen LogP contribution in [0.3, 0.4) is 0 Å². The number of carbonyl (C=O) groups excluding carboxylic acids is 1. The minimum atomic E-state index is -2.86. The Balaban J connectivity index is 1.43. The number of carbonyl (C=O) groups is 1. The monoisotopic (exact) mass is 379 g/mol. The molecule has 136 valence electrons. The second kappa shape index (κ2) is 8.52. The number of benzene rings is 1. The summed E-state index contributed by atoms with van der Waals surface area (Å²) in [7, 11) is 0. The molecule has 0 unspecified atom stereocenters. The number of hydrogen-bond donors (Lipinski definition) is 1. The van der Waals surface area contributed by atoms with Crippen LogP contribution in [0, 0.1) is 0 Å². The van der Waals surface area contributed by atoms with E-state index in [0.717, 1.165) is 11.1 Å². The van der Waals surface area contributed by atoms with Crippen LogP contribution in [0.4, 0.5) is 8.78 Å². The topological polar surface area (TPSA) is 77.2 Å². The summed E-state index contributed by atoms with van der Waals surface area (Å²) in [5.41, 5.74) is 1.66. The fraction of sp³-hybridized carbons (Fsp3) is 0.235. The van der Waals surface area contributed by atoms with Gasteiger partial charge in [0.25, 0.3) is 0 Å². The van der Waals surface area contributed by atoms with Crippen molar-refractivity contribution in [3.8, 4) is 17.1 Å². The van der Waals surface area contributed by atoms with E-state index in [0.29, 0.717) is 18.1 Å². The number of aryl methyl sites for hydroxylation is 1. The highest BCUT2D eigenvalue weighted by Gasteiger charge is 2.11. The van der Waals surface area contributed by atoms with Crippen molar-refractivity contribution < 1.29 is 22.8 Å². The quantitative estimate of drug-likeness (QED) is 0.646. The predicted octanol–water partition coefficient (Wildman–Crippen LogP) is 3.65. The molecule has 0 spiro atoms. The molecule has 1 amide bonds. The van der Waals surface area contributed by atoms with E-state index in [1.54, 1.807) is 12.1 Å². The van der Waals surface area contributed by atoms with E-state index < -0.39 is 6.61 Å². The van der Waals surface area contributed by atoms with Crippen LogP contribution in [0.5, 0.6) is 5.75 Å². The first kappa shape index (κ1) is 18.0. The molecule has 0 saturated carbocycles. The summed E-state index contributed by atoms with van der Waals surface area (Å²) in [4.78, 5) is 16.2. The van der Waals surface area contributed by atoms with Crippen molar-refractivity contribution in [2.75, 3.05) is 0 Å². The molecular weight excluding hydrogens is 364 g/mol. The summed E-state index contributed by atoms with van der Waals surface area (Å²) in [6.07, 6.45) is 0.544. The average molecular weight is 379 g/mol. The van der Waals surface area contributed by atoms with E-state index in [4.69, 9.17) is 4.52 Å². The lowest BCUT2D eigenvalue weighted by atomic mass is 10.2. The molecule has 2 aromatic heterocycles. The van der Waals surface area contributed by atoms with E-state index in [9.17, 15) is 13.6 Å². The predicted molar refractivity (Wildman–Crippen MR) is 90.9 cm³/mol. The van der Waals surface area contributed by atoms with Crippen LogP contribution in [0.2, 0.25) is 0 Å². The van der Waals surface area contributed by atoms with Gasteiger partial charge < -0.3 is 14.6 Å². The zero-order valence-corrected chi connectivity index (χ0v) is 14.3. The standard InChI is InChI=1S/C17H15F2N3O3S/c18-17(19)24-13-3-1-11(2-4-13)9-20-14(23)5-6-15-21-16(22-25-15)12-7-8-26-10-12/h1-4,7-8,10,17H,5-6,9H2,(H,20,23). The molecule has 2 heterocycles. The Labute approximate surface area is 151 Å². The lowest BCUT2D eigenvalue weighted by Crippen LogP contribution is -2.23. The number of hydrogen-bond acceptors (Lipinski definition) is 6.